The number of methoxy groups -OCH3 is 1. The van der Waals surface area contributed by atoms with Crippen LogP contribution in [0.4, 0.5) is 5.82 Å². The van der Waals surface area contributed by atoms with E-state index in [1.165, 1.54) is 31.9 Å². The van der Waals surface area contributed by atoms with Gasteiger partial charge < -0.3 is 19.7 Å². The SMILES string of the molecule is C1CC1.C=C1CC1CCNC(=O)c1cc(N2CCC(c3[nH]nc4ncc(OCSC)cc34)CC2)nc(OC)n1. The molecule has 1 atom stereocenters. The first-order valence-electron chi connectivity index (χ1n) is 13.7. The van der Waals surface area contributed by atoms with Gasteiger partial charge in [-0.1, -0.05) is 31.4 Å². The number of rotatable bonds is 10. The van der Waals surface area contributed by atoms with Crippen LogP contribution in [0.2, 0.25) is 0 Å². The van der Waals surface area contributed by atoms with Gasteiger partial charge in [-0.2, -0.15) is 15.1 Å². The highest BCUT2D eigenvalue weighted by Gasteiger charge is 2.28. The number of ether oxygens (including phenoxy) is 2. The third kappa shape index (κ3) is 7.20. The first kappa shape index (κ1) is 27.2. The van der Waals surface area contributed by atoms with Crippen LogP contribution in [0.5, 0.6) is 11.8 Å². The van der Waals surface area contributed by atoms with Gasteiger partial charge in [0.2, 0.25) is 0 Å². The first-order valence-corrected chi connectivity index (χ1v) is 15.0. The van der Waals surface area contributed by atoms with Crippen LogP contribution in [0.3, 0.4) is 0 Å². The number of carbonyl (C=O) groups is 1. The van der Waals surface area contributed by atoms with Gasteiger partial charge >= 0.3 is 6.01 Å². The largest absolute Gasteiger partial charge is 0.481 e. The van der Waals surface area contributed by atoms with E-state index in [4.69, 9.17) is 9.47 Å². The first-order chi connectivity index (χ1) is 19.1. The number of H-pyrrole nitrogens is 1. The number of aromatic nitrogens is 5. The molecule has 3 aromatic heterocycles. The second-order valence-electron chi connectivity index (χ2n) is 10.3. The van der Waals surface area contributed by atoms with Crippen molar-refractivity contribution in [3.05, 3.63) is 41.9 Å². The fraction of sp³-hybridized carbons (Fsp3) is 0.536. The molecule has 1 saturated heterocycles. The Balaban J connectivity index is 0.000000962. The molecular formula is C28H37N7O3S. The number of aromatic amines is 1. The van der Waals surface area contributed by atoms with Crippen molar-refractivity contribution in [3.63, 3.8) is 0 Å². The van der Waals surface area contributed by atoms with Crippen molar-refractivity contribution in [2.45, 2.75) is 50.9 Å². The van der Waals surface area contributed by atoms with Crippen molar-refractivity contribution in [3.8, 4) is 11.8 Å². The highest BCUT2D eigenvalue weighted by Crippen LogP contribution is 2.38. The number of amides is 1. The summed E-state index contributed by atoms with van der Waals surface area (Å²) in [6.45, 7) is 6.14. The number of fused-ring (bicyclic) bond motifs is 1. The molecule has 3 aliphatic rings. The maximum atomic E-state index is 12.7. The summed E-state index contributed by atoms with van der Waals surface area (Å²) in [5.41, 5.74) is 3.37. The van der Waals surface area contributed by atoms with Crippen LogP contribution >= 0.6 is 11.8 Å². The molecule has 2 N–H and O–H groups in total. The van der Waals surface area contributed by atoms with Crippen LogP contribution in [0, 0.1) is 5.92 Å². The summed E-state index contributed by atoms with van der Waals surface area (Å²) in [5.74, 6) is 2.67. The summed E-state index contributed by atoms with van der Waals surface area (Å²) < 4.78 is 11.0. The summed E-state index contributed by atoms with van der Waals surface area (Å²) in [4.78, 5) is 28.1. The molecule has 10 nitrogen and oxygen atoms in total. The lowest BCUT2D eigenvalue weighted by atomic mass is 9.92. The molecule has 0 bridgehead atoms. The summed E-state index contributed by atoms with van der Waals surface area (Å²) >= 11 is 1.62. The molecular weight excluding hydrogens is 514 g/mol. The van der Waals surface area contributed by atoms with Gasteiger partial charge in [-0.25, -0.2) is 4.98 Å². The van der Waals surface area contributed by atoms with Crippen molar-refractivity contribution in [2.24, 2.45) is 5.92 Å². The van der Waals surface area contributed by atoms with Crippen LogP contribution in [-0.4, -0.2) is 70.0 Å². The number of nitrogens with zero attached hydrogens (tertiary/aromatic N) is 5. The molecule has 0 spiro atoms. The van der Waals surface area contributed by atoms with Crippen molar-refractivity contribution in [1.29, 1.82) is 0 Å². The maximum Gasteiger partial charge on any atom is 0.318 e. The quantitative estimate of drug-likeness (QED) is 0.273. The molecule has 1 unspecified atom stereocenters. The summed E-state index contributed by atoms with van der Waals surface area (Å²) in [5, 5.41) is 11.6. The lowest BCUT2D eigenvalue weighted by molar-refractivity contribution is 0.0946. The van der Waals surface area contributed by atoms with Crippen LogP contribution < -0.4 is 19.7 Å². The second kappa shape index (κ2) is 12.7. The number of carbonyl (C=O) groups excluding carboxylic acids is 1. The minimum atomic E-state index is -0.214. The number of piperidine rings is 1. The predicted octanol–water partition coefficient (Wildman–Crippen LogP) is 4.71. The molecule has 2 saturated carbocycles. The number of allylic oxidation sites excluding steroid dienone is 1. The Morgan fingerprint density at radius 1 is 1.23 bits per heavy atom. The zero-order chi connectivity index (χ0) is 27.2. The maximum absolute atomic E-state index is 12.7. The number of nitrogens with one attached hydrogen (secondary N) is 2. The third-order valence-corrected chi connectivity index (χ3v) is 7.50. The Bertz CT molecular complexity index is 1300. The van der Waals surface area contributed by atoms with Gasteiger partial charge in [0.05, 0.1) is 13.3 Å². The Kier molecular flexibility index (Phi) is 8.85. The number of pyridine rings is 1. The fourth-order valence-corrected chi connectivity index (χ4v) is 4.86. The Morgan fingerprint density at radius 3 is 2.67 bits per heavy atom. The van der Waals surface area contributed by atoms with E-state index in [2.05, 4.69) is 41.9 Å². The standard InChI is InChI=1S/C25H31N7O3S.C3H6/c1-15-10-17(15)4-7-26-24(33)20-12-21(29-25(28-20)34-2)32-8-5-16(6-9-32)22-19-11-18(35-14-36-3)13-27-23(19)31-30-22;1-2-3-1/h11-13,16-17H,1,4-10,14H2,2-3H3,(H,26,33)(H,27,30,31);1-3H2. The molecule has 3 aromatic rings. The van der Waals surface area contributed by atoms with Crippen LogP contribution in [0.1, 0.15) is 67.0 Å². The molecule has 2 aliphatic carbocycles. The summed E-state index contributed by atoms with van der Waals surface area (Å²) in [6, 6.07) is 3.96. The van der Waals surface area contributed by atoms with Crippen molar-refractivity contribution in [2.75, 3.05) is 43.8 Å². The van der Waals surface area contributed by atoms with Gasteiger partial charge in [0, 0.05) is 42.7 Å². The molecule has 39 heavy (non-hydrogen) atoms. The van der Waals surface area contributed by atoms with Gasteiger partial charge in [0.15, 0.2) is 5.65 Å². The number of hydrogen-bond acceptors (Lipinski definition) is 9. The number of hydrogen-bond donors (Lipinski definition) is 2. The Labute approximate surface area is 233 Å². The second-order valence-corrected chi connectivity index (χ2v) is 11.1. The monoisotopic (exact) mass is 551 g/mol. The molecule has 1 amide bonds. The number of thioether (sulfide) groups is 1. The fourth-order valence-electron chi connectivity index (χ4n) is 4.61. The molecule has 3 fully saturated rings. The van der Waals surface area contributed by atoms with E-state index < -0.39 is 0 Å². The summed E-state index contributed by atoms with van der Waals surface area (Å²) in [7, 11) is 1.51. The van der Waals surface area contributed by atoms with Crippen molar-refractivity contribution in [1.82, 2.24) is 30.5 Å². The molecule has 208 valence electrons. The van der Waals surface area contributed by atoms with E-state index in [1.54, 1.807) is 24.0 Å². The van der Waals surface area contributed by atoms with E-state index in [-0.39, 0.29) is 11.9 Å². The minimum absolute atomic E-state index is 0.193. The number of anilines is 1. The van der Waals surface area contributed by atoms with E-state index in [1.807, 2.05) is 12.3 Å². The highest BCUT2D eigenvalue weighted by atomic mass is 32.2. The third-order valence-electron chi connectivity index (χ3n) is 7.15. The molecule has 6 rings (SSSR count). The summed E-state index contributed by atoms with van der Waals surface area (Å²) in [6.07, 6.45) is 12.0. The van der Waals surface area contributed by atoms with E-state index in [0.29, 0.717) is 41.5 Å². The van der Waals surface area contributed by atoms with Gasteiger partial charge in [0.1, 0.15) is 23.2 Å². The normalized spacial score (nSPS) is 18.4. The average molecular weight is 552 g/mol. The van der Waals surface area contributed by atoms with E-state index in [0.717, 1.165) is 55.6 Å². The highest BCUT2D eigenvalue weighted by molar-refractivity contribution is 7.98. The lowest BCUT2D eigenvalue weighted by Gasteiger charge is -2.32. The zero-order valence-corrected chi connectivity index (χ0v) is 23.6. The van der Waals surface area contributed by atoms with Gasteiger partial charge in [-0.15, -0.1) is 11.8 Å². The Morgan fingerprint density at radius 2 is 2.00 bits per heavy atom. The predicted molar refractivity (Wildman–Crippen MR) is 154 cm³/mol. The van der Waals surface area contributed by atoms with Crippen molar-refractivity contribution >= 4 is 34.5 Å². The van der Waals surface area contributed by atoms with Gasteiger partial charge in [-0.3, -0.25) is 9.89 Å². The van der Waals surface area contributed by atoms with Crippen LogP contribution in [0.15, 0.2) is 30.5 Å². The average Bonchev–Trinajstić information content (AvgIpc) is 3.91. The molecule has 0 aromatic carbocycles. The zero-order valence-electron chi connectivity index (χ0n) is 22.7. The van der Waals surface area contributed by atoms with Crippen LogP contribution in [0.25, 0.3) is 11.0 Å². The van der Waals surface area contributed by atoms with Crippen molar-refractivity contribution < 1.29 is 14.3 Å². The van der Waals surface area contributed by atoms with Crippen LogP contribution in [-0.2, 0) is 0 Å². The Hall–Kier alpha value is -3.34. The van der Waals surface area contributed by atoms with Gasteiger partial charge in [-0.05, 0) is 43.9 Å². The topological polar surface area (TPSA) is 118 Å². The lowest BCUT2D eigenvalue weighted by Crippen LogP contribution is -2.34. The molecule has 1 aliphatic heterocycles. The minimum Gasteiger partial charge on any atom is -0.481 e. The molecule has 4 heterocycles. The van der Waals surface area contributed by atoms with E-state index in [9.17, 15) is 4.79 Å². The molecule has 11 heteroatoms. The smallest absolute Gasteiger partial charge is 0.318 e. The van der Waals surface area contributed by atoms with Gasteiger partial charge in [0.25, 0.3) is 5.91 Å². The molecule has 0 radical (unpaired) electrons. The van der Waals surface area contributed by atoms with E-state index >= 15 is 0 Å².